The van der Waals surface area contributed by atoms with Crippen molar-refractivity contribution in [3.05, 3.63) is 34.4 Å². The van der Waals surface area contributed by atoms with Crippen molar-refractivity contribution in [1.29, 1.82) is 0 Å². The molecule has 1 aromatic rings. The fraction of sp³-hybridized carbons (Fsp3) is 0.500. The zero-order chi connectivity index (χ0) is 15.5. The molecule has 1 saturated heterocycles. The average Bonchev–Trinajstić information content (AvgIpc) is 2.37. The number of hydrogen-bond donors (Lipinski definition) is 2. The lowest BCUT2D eigenvalue weighted by Crippen LogP contribution is -2.62. The Morgan fingerprint density at radius 3 is 2.76 bits per heavy atom. The number of para-hydroxylation sites is 2. The molecular weight excluding hydrogens is 274 g/mol. The number of rotatable bonds is 6. The van der Waals surface area contributed by atoms with Gasteiger partial charge in [0.25, 0.3) is 5.69 Å². The van der Waals surface area contributed by atoms with E-state index in [1.54, 1.807) is 12.1 Å². The summed E-state index contributed by atoms with van der Waals surface area (Å²) in [6.07, 6.45) is 1.61. The fourth-order valence-corrected chi connectivity index (χ4v) is 2.65. The van der Waals surface area contributed by atoms with Gasteiger partial charge in [-0.05, 0) is 12.5 Å². The van der Waals surface area contributed by atoms with Crippen LogP contribution in [-0.2, 0) is 4.79 Å². The zero-order valence-corrected chi connectivity index (χ0v) is 11.9. The SMILES string of the molecule is CCCC1(O)CN(CC(=O)Nc2ccccc2[N+](=O)[O-])C1. The molecule has 0 atom stereocenters. The zero-order valence-electron chi connectivity index (χ0n) is 11.9. The highest BCUT2D eigenvalue weighted by Gasteiger charge is 2.40. The number of nitrogens with zero attached hydrogens (tertiary/aromatic N) is 2. The second-order valence-electron chi connectivity index (χ2n) is 5.44. The van der Waals surface area contributed by atoms with Crippen molar-refractivity contribution in [2.45, 2.75) is 25.4 Å². The molecule has 0 aromatic heterocycles. The van der Waals surface area contributed by atoms with E-state index in [9.17, 15) is 20.0 Å². The fourth-order valence-electron chi connectivity index (χ4n) is 2.65. The van der Waals surface area contributed by atoms with Gasteiger partial charge in [-0.25, -0.2) is 0 Å². The number of nitro groups is 1. The van der Waals surface area contributed by atoms with Crippen LogP contribution in [-0.4, -0.2) is 46.1 Å². The standard InChI is InChI=1S/C14H19N3O4/c1-2-7-14(19)9-16(10-14)8-13(18)15-11-5-3-4-6-12(11)17(20)21/h3-6,19H,2,7-10H2,1H3,(H,15,18). The largest absolute Gasteiger partial charge is 0.387 e. The molecule has 1 aromatic carbocycles. The number of β-amino-alcohol motifs (C(OH)–C–C–N with tert-alkyl or cyclic N) is 1. The monoisotopic (exact) mass is 293 g/mol. The number of hydrogen-bond acceptors (Lipinski definition) is 5. The Bertz CT molecular complexity index is 541. The Morgan fingerprint density at radius 2 is 2.14 bits per heavy atom. The van der Waals surface area contributed by atoms with Gasteiger partial charge in [0.15, 0.2) is 0 Å². The van der Waals surface area contributed by atoms with Crippen molar-refractivity contribution in [1.82, 2.24) is 4.90 Å². The van der Waals surface area contributed by atoms with E-state index < -0.39 is 10.5 Å². The molecule has 2 N–H and O–H groups in total. The molecule has 7 nitrogen and oxygen atoms in total. The molecule has 2 rings (SSSR count). The van der Waals surface area contributed by atoms with Gasteiger partial charge in [0.05, 0.1) is 17.1 Å². The third-order valence-electron chi connectivity index (χ3n) is 3.49. The molecule has 0 aliphatic carbocycles. The Morgan fingerprint density at radius 1 is 1.48 bits per heavy atom. The van der Waals surface area contributed by atoms with Gasteiger partial charge >= 0.3 is 0 Å². The van der Waals surface area contributed by atoms with Crippen LogP contribution in [0.3, 0.4) is 0 Å². The maximum atomic E-state index is 11.9. The molecular formula is C14H19N3O4. The second-order valence-corrected chi connectivity index (χ2v) is 5.44. The van der Waals surface area contributed by atoms with Gasteiger partial charge in [0.1, 0.15) is 5.69 Å². The van der Waals surface area contributed by atoms with E-state index in [0.29, 0.717) is 13.1 Å². The number of aliphatic hydroxyl groups is 1. The van der Waals surface area contributed by atoms with Crippen LogP contribution in [0.2, 0.25) is 0 Å². The number of anilines is 1. The van der Waals surface area contributed by atoms with Crippen LogP contribution in [0.4, 0.5) is 11.4 Å². The van der Waals surface area contributed by atoms with Gasteiger partial charge in [0.2, 0.25) is 5.91 Å². The minimum atomic E-state index is -0.687. The van der Waals surface area contributed by atoms with Crippen LogP contribution in [0.5, 0.6) is 0 Å². The maximum absolute atomic E-state index is 11.9. The molecule has 0 radical (unpaired) electrons. The summed E-state index contributed by atoms with van der Waals surface area (Å²) in [5.41, 5.74) is -0.623. The first-order chi connectivity index (χ1) is 9.93. The van der Waals surface area contributed by atoms with E-state index >= 15 is 0 Å². The van der Waals surface area contributed by atoms with Crippen LogP contribution in [0.15, 0.2) is 24.3 Å². The van der Waals surface area contributed by atoms with Crippen molar-refractivity contribution < 1.29 is 14.8 Å². The van der Waals surface area contributed by atoms with Crippen LogP contribution in [0, 0.1) is 10.1 Å². The quantitative estimate of drug-likeness (QED) is 0.610. The van der Waals surface area contributed by atoms with Gasteiger partial charge in [-0.1, -0.05) is 25.5 Å². The molecule has 0 bridgehead atoms. The summed E-state index contributed by atoms with van der Waals surface area (Å²) >= 11 is 0. The summed E-state index contributed by atoms with van der Waals surface area (Å²) in [6, 6.07) is 6.03. The van der Waals surface area contributed by atoms with E-state index in [0.717, 1.165) is 12.8 Å². The summed E-state index contributed by atoms with van der Waals surface area (Å²) in [5, 5.41) is 23.4. The Kier molecular flexibility index (Phi) is 4.54. The number of carbonyl (C=O) groups is 1. The predicted molar refractivity (Wildman–Crippen MR) is 78.0 cm³/mol. The number of nitrogens with one attached hydrogen (secondary N) is 1. The molecule has 114 valence electrons. The number of likely N-dealkylation sites (tertiary alicyclic amines) is 1. The van der Waals surface area contributed by atoms with E-state index in [2.05, 4.69) is 5.32 Å². The first-order valence-corrected chi connectivity index (χ1v) is 6.91. The van der Waals surface area contributed by atoms with Crippen molar-refractivity contribution in [3.8, 4) is 0 Å². The molecule has 7 heteroatoms. The number of amides is 1. The lowest BCUT2D eigenvalue weighted by molar-refractivity contribution is -0.383. The number of nitro benzene ring substituents is 1. The number of carbonyl (C=O) groups excluding carboxylic acids is 1. The topological polar surface area (TPSA) is 95.7 Å². The highest BCUT2D eigenvalue weighted by atomic mass is 16.6. The van der Waals surface area contributed by atoms with Crippen LogP contribution < -0.4 is 5.32 Å². The second kappa shape index (κ2) is 6.19. The third-order valence-corrected chi connectivity index (χ3v) is 3.49. The first-order valence-electron chi connectivity index (χ1n) is 6.91. The molecule has 0 spiro atoms. The number of benzene rings is 1. The molecule has 1 heterocycles. The van der Waals surface area contributed by atoms with Crippen molar-refractivity contribution in [2.24, 2.45) is 0 Å². The Labute approximate surface area is 122 Å². The molecule has 1 fully saturated rings. The lowest BCUT2D eigenvalue weighted by atomic mass is 9.89. The molecule has 1 amide bonds. The van der Waals surface area contributed by atoms with Crippen molar-refractivity contribution in [2.75, 3.05) is 25.0 Å². The summed E-state index contributed by atoms with van der Waals surface area (Å²) in [4.78, 5) is 24.1. The van der Waals surface area contributed by atoms with Crippen LogP contribution in [0.1, 0.15) is 19.8 Å². The van der Waals surface area contributed by atoms with Gasteiger partial charge in [-0.3, -0.25) is 19.8 Å². The van der Waals surface area contributed by atoms with Gasteiger partial charge < -0.3 is 10.4 Å². The van der Waals surface area contributed by atoms with Gasteiger partial charge in [-0.2, -0.15) is 0 Å². The summed E-state index contributed by atoms with van der Waals surface area (Å²) in [6.45, 7) is 3.05. The molecule has 0 saturated carbocycles. The normalized spacial score (nSPS) is 17.0. The predicted octanol–water partition coefficient (Wildman–Crippen LogP) is 1.38. The molecule has 1 aliphatic rings. The lowest BCUT2D eigenvalue weighted by Gasteiger charge is -2.46. The van der Waals surface area contributed by atoms with E-state index in [1.807, 2.05) is 11.8 Å². The highest BCUT2D eigenvalue weighted by Crippen LogP contribution is 2.26. The van der Waals surface area contributed by atoms with Crippen LogP contribution >= 0.6 is 0 Å². The first kappa shape index (κ1) is 15.4. The third kappa shape index (κ3) is 3.77. The maximum Gasteiger partial charge on any atom is 0.292 e. The Balaban J connectivity index is 1.88. The molecule has 0 unspecified atom stereocenters. The smallest absolute Gasteiger partial charge is 0.292 e. The highest BCUT2D eigenvalue weighted by molar-refractivity contribution is 5.94. The van der Waals surface area contributed by atoms with E-state index in [1.165, 1.54) is 12.1 Å². The summed E-state index contributed by atoms with van der Waals surface area (Å²) in [5.74, 6) is -0.317. The van der Waals surface area contributed by atoms with Crippen molar-refractivity contribution >= 4 is 17.3 Å². The Hall–Kier alpha value is -1.99. The van der Waals surface area contributed by atoms with Gasteiger partial charge in [-0.15, -0.1) is 0 Å². The molecule has 21 heavy (non-hydrogen) atoms. The molecule has 1 aliphatic heterocycles. The van der Waals surface area contributed by atoms with Crippen LogP contribution in [0.25, 0.3) is 0 Å². The van der Waals surface area contributed by atoms with E-state index in [4.69, 9.17) is 0 Å². The van der Waals surface area contributed by atoms with E-state index in [-0.39, 0.29) is 23.8 Å². The average molecular weight is 293 g/mol. The summed E-state index contributed by atoms with van der Waals surface area (Å²) in [7, 11) is 0. The minimum Gasteiger partial charge on any atom is -0.387 e. The van der Waals surface area contributed by atoms with Crippen molar-refractivity contribution in [3.63, 3.8) is 0 Å². The minimum absolute atomic E-state index is 0.123. The summed E-state index contributed by atoms with van der Waals surface area (Å²) < 4.78 is 0. The van der Waals surface area contributed by atoms with Gasteiger partial charge in [0, 0.05) is 19.2 Å².